The van der Waals surface area contributed by atoms with Crippen molar-refractivity contribution >= 4 is 10.8 Å². The lowest BCUT2D eigenvalue weighted by Crippen LogP contribution is -2.03. The summed E-state index contributed by atoms with van der Waals surface area (Å²) in [7, 11) is 0. The van der Waals surface area contributed by atoms with Crippen LogP contribution >= 0.6 is 0 Å². The number of aromatic hydroxyl groups is 2. The van der Waals surface area contributed by atoms with Crippen molar-refractivity contribution in [2.45, 2.75) is 26.7 Å². The minimum Gasteiger partial charge on any atom is -0.507 e. The van der Waals surface area contributed by atoms with E-state index in [1.165, 1.54) is 5.57 Å². The second-order valence-electron chi connectivity index (χ2n) is 5.13. The molecule has 0 saturated carbocycles. The number of hydrogen-bond donors (Lipinski definition) is 2. The van der Waals surface area contributed by atoms with E-state index in [-0.39, 0.29) is 0 Å². The Morgan fingerprint density at radius 2 is 1.67 bits per heavy atom. The second kappa shape index (κ2) is 3.77. The van der Waals surface area contributed by atoms with Crippen LogP contribution in [0.4, 0.5) is 0 Å². The fourth-order valence-electron chi connectivity index (χ4n) is 2.71. The molecule has 1 aliphatic carbocycles. The lowest BCUT2D eigenvalue weighted by atomic mass is 9.87. The summed E-state index contributed by atoms with van der Waals surface area (Å²) in [6.45, 7) is 4.04. The van der Waals surface area contributed by atoms with Crippen LogP contribution in [0.1, 0.15) is 23.6 Å². The summed E-state index contributed by atoms with van der Waals surface area (Å²) in [4.78, 5) is 0. The molecule has 0 bridgehead atoms. The molecule has 18 heavy (non-hydrogen) atoms. The molecule has 0 unspecified atom stereocenters. The largest absolute Gasteiger partial charge is 0.507 e. The molecule has 3 rings (SSSR count). The molecule has 2 N–H and O–H groups in total. The van der Waals surface area contributed by atoms with Crippen LogP contribution in [0, 0.1) is 6.92 Å². The molecule has 0 saturated heterocycles. The lowest BCUT2D eigenvalue weighted by Gasteiger charge is -2.20. The number of aryl methyl sites for hydroxylation is 1. The van der Waals surface area contributed by atoms with Gasteiger partial charge < -0.3 is 10.2 Å². The van der Waals surface area contributed by atoms with E-state index in [1.807, 2.05) is 25.1 Å². The molecule has 92 valence electrons. The van der Waals surface area contributed by atoms with Crippen LogP contribution in [0.15, 0.2) is 29.8 Å². The number of benzene rings is 2. The monoisotopic (exact) mass is 240 g/mol. The fourth-order valence-corrected chi connectivity index (χ4v) is 2.71. The molecule has 0 radical (unpaired) electrons. The average Bonchev–Trinajstić information content (AvgIpc) is 2.35. The third-order valence-corrected chi connectivity index (χ3v) is 3.73. The maximum Gasteiger partial charge on any atom is 0.127 e. The first kappa shape index (κ1) is 11.1. The molecule has 0 spiro atoms. The van der Waals surface area contributed by atoms with Gasteiger partial charge in [-0.1, -0.05) is 29.3 Å². The molecule has 2 nitrogen and oxygen atoms in total. The summed E-state index contributed by atoms with van der Waals surface area (Å²) in [5, 5.41) is 22.3. The zero-order valence-corrected chi connectivity index (χ0v) is 10.6. The van der Waals surface area contributed by atoms with Crippen molar-refractivity contribution in [2.24, 2.45) is 0 Å². The van der Waals surface area contributed by atoms with Crippen LogP contribution in [0.3, 0.4) is 0 Å². The second-order valence-corrected chi connectivity index (χ2v) is 5.13. The summed E-state index contributed by atoms with van der Waals surface area (Å²) >= 11 is 0. The number of hydrogen-bond acceptors (Lipinski definition) is 2. The Labute approximate surface area is 106 Å². The number of fused-ring (bicyclic) bond motifs is 2. The lowest BCUT2D eigenvalue weighted by molar-refractivity contribution is 0.458. The predicted molar refractivity (Wildman–Crippen MR) is 73.2 cm³/mol. The van der Waals surface area contributed by atoms with Gasteiger partial charge >= 0.3 is 0 Å². The summed E-state index contributed by atoms with van der Waals surface area (Å²) in [6.07, 6.45) is 3.53. The molecule has 2 aromatic rings. The average molecular weight is 240 g/mol. The van der Waals surface area contributed by atoms with Gasteiger partial charge in [0, 0.05) is 21.9 Å². The number of rotatable bonds is 0. The smallest absolute Gasteiger partial charge is 0.127 e. The Bertz CT molecular complexity index is 681. The molecule has 0 aromatic heterocycles. The van der Waals surface area contributed by atoms with Crippen molar-refractivity contribution in [3.05, 3.63) is 46.5 Å². The van der Waals surface area contributed by atoms with Crippen molar-refractivity contribution < 1.29 is 10.2 Å². The Morgan fingerprint density at radius 1 is 0.944 bits per heavy atom. The molecule has 0 fully saturated rings. The molecule has 0 aliphatic heterocycles. The molecule has 2 heteroatoms. The highest BCUT2D eigenvalue weighted by Gasteiger charge is 2.20. The van der Waals surface area contributed by atoms with E-state index < -0.39 is 0 Å². The minimum absolute atomic E-state index is 0.321. The molecule has 1 aliphatic rings. The van der Waals surface area contributed by atoms with E-state index in [9.17, 15) is 10.2 Å². The van der Waals surface area contributed by atoms with E-state index in [1.54, 1.807) is 0 Å². The van der Waals surface area contributed by atoms with Gasteiger partial charge in [-0.15, -0.1) is 0 Å². The van der Waals surface area contributed by atoms with Crippen LogP contribution in [-0.4, -0.2) is 10.2 Å². The van der Waals surface area contributed by atoms with Gasteiger partial charge in [0.25, 0.3) is 0 Å². The first-order valence-corrected chi connectivity index (χ1v) is 6.19. The Kier molecular flexibility index (Phi) is 2.34. The zero-order valence-electron chi connectivity index (χ0n) is 10.6. The van der Waals surface area contributed by atoms with Gasteiger partial charge in [-0.25, -0.2) is 0 Å². The summed E-state index contributed by atoms with van der Waals surface area (Å²) < 4.78 is 0. The van der Waals surface area contributed by atoms with Gasteiger partial charge in [0.05, 0.1) is 0 Å². The highest BCUT2D eigenvalue weighted by Crippen LogP contribution is 2.42. The third kappa shape index (κ3) is 1.49. The van der Waals surface area contributed by atoms with Gasteiger partial charge in [0.1, 0.15) is 11.5 Å². The molecule has 0 heterocycles. The maximum absolute atomic E-state index is 10.4. The first-order chi connectivity index (χ1) is 8.58. The quantitative estimate of drug-likeness (QED) is 0.545. The number of phenols is 2. The van der Waals surface area contributed by atoms with Gasteiger partial charge in [-0.2, -0.15) is 0 Å². The SMILES string of the molecule is CC1=CCc2c(c(O)c3cc(C)ccc3c2O)C1. The topological polar surface area (TPSA) is 40.5 Å². The van der Waals surface area contributed by atoms with Gasteiger partial charge in [0.2, 0.25) is 0 Å². The Hall–Kier alpha value is -1.96. The highest BCUT2D eigenvalue weighted by atomic mass is 16.3. The van der Waals surface area contributed by atoms with Crippen LogP contribution in [-0.2, 0) is 12.8 Å². The Morgan fingerprint density at radius 3 is 2.44 bits per heavy atom. The summed E-state index contributed by atoms with van der Waals surface area (Å²) in [6, 6.07) is 5.77. The molecule has 2 aromatic carbocycles. The van der Waals surface area contributed by atoms with Crippen LogP contribution in [0.2, 0.25) is 0 Å². The van der Waals surface area contributed by atoms with Crippen molar-refractivity contribution in [2.75, 3.05) is 0 Å². The van der Waals surface area contributed by atoms with E-state index in [0.717, 1.165) is 33.9 Å². The maximum atomic E-state index is 10.4. The van der Waals surface area contributed by atoms with Crippen molar-refractivity contribution in [3.8, 4) is 11.5 Å². The van der Waals surface area contributed by atoms with Crippen molar-refractivity contribution in [3.63, 3.8) is 0 Å². The number of allylic oxidation sites excluding steroid dienone is 2. The fraction of sp³-hybridized carbons (Fsp3) is 0.250. The number of phenolic OH excluding ortho intramolecular Hbond substituents is 2. The molecule has 0 atom stereocenters. The van der Waals surface area contributed by atoms with E-state index in [0.29, 0.717) is 17.9 Å². The van der Waals surface area contributed by atoms with Crippen LogP contribution in [0.5, 0.6) is 11.5 Å². The van der Waals surface area contributed by atoms with Crippen molar-refractivity contribution in [1.82, 2.24) is 0 Å². The summed E-state index contributed by atoms with van der Waals surface area (Å²) in [5.41, 5.74) is 4.07. The predicted octanol–water partition coefficient (Wildman–Crippen LogP) is 3.60. The molecular weight excluding hydrogens is 224 g/mol. The van der Waals surface area contributed by atoms with E-state index >= 15 is 0 Å². The zero-order chi connectivity index (χ0) is 12.9. The normalized spacial score (nSPS) is 14.4. The van der Waals surface area contributed by atoms with Gasteiger partial charge in [-0.05, 0) is 32.8 Å². The minimum atomic E-state index is 0.321. The molecular formula is C16H16O2. The third-order valence-electron chi connectivity index (χ3n) is 3.73. The first-order valence-electron chi connectivity index (χ1n) is 6.19. The van der Waals surface area contributed by atoms with Gasteiger partial charge in [-0.3, -0.25) is 0 Å². The van der Waals surface area contributed by atoms with E-state index in [2.05, 4.69) is 13.0 Å². The van der Waals surface area contributed by atoms with E-state index in [4.69, 9.17) is 0 Å². The molecule has 0 amide bonds. The standard InChI is InChI=1S/C16H16O2/c1-9-3-5-11-13(7-9)16(18)14-8-10(2)4-6-12(14)15(11)17/h3-5,7,17-18H,6,8H2,1-2H3. The summed E-state index contributed by atoms with van der Waals surface area (Å²) in [5.74, 6) is 0.649. The Balaban J connectivity index is 2.40. The van der Waals surface area contributed by atoms with Crippen LogP contribution < -0.4 is 0 Å². The van der Waals surface area contributed by atoms with Crippen LogP contribution in [0.25, 0.3) is 10.8 Å². The van der Waals surface area contributed by atoms with Crippen molar-refractivity contribution in [1.29, 1.82) is 0 Å². The van der Waals surface area contributed by atoms with Gasteiger partial charge in [0.15, 0.2) is 0 Å². The highest BCUT2D eigenvalue weighted by molar-refractivity contribution is 5.96.